The molecule has 2 aliphatic rings. The average Bonchev–Trinajstić information content (AvgIpc) is 2.68. The molecule has 1 aromatic rings. The van der Waals surface area contributed by atoms with Crippen LogP contribution in [0.15, 0.2) is 29.2 Å². The molecule has 2 fully saturated rings. The number of ether oxygens (including phenoxy) is 1. The van der Waals surface area contributed by atoms with Gasteiger partial charge < -0.3 is 9.64 Å². The minimum absolute atomic E-state index is 0.0143. The zero-order chi connectivity index (χ0) is 17.6. The zero-order valence-electron chi connectivity index (χ0n) is 14.8. The van der Waals surface area contributed by atoms with Crippen molar-refractivity contribution in [2.24, 2.45) is 5.92 Å². The minimum Gasteiger partial charge on any atom is -0.378 e. The van der Waals surface area contributed by atoms with Crippen LogP contribution in [0.3, 0.4) is 0 Å². The Hall–Kier alpha value is -1.37. The van der Waals surface area contributed by atoms with E-state index in [9.17, 15) is 9.59 Å². The van der Waals surface area contributed by atoms with Gasteiger partial charge in [-0.15, -0.1) is 11.8 Å². The summed E-state index contributed by atoms with van der Waals surface area (Å²) in [6.45, 7) is 4.58. The van der Waals surface area contributed by atoms with Gasteiger partial charge in [-0.05, 0) is 31.7 Å². The second-order valence-corrected chi connectivity index (χ2v) is 7.48. The summed E-state index contributed by atoms with van der Waals surface area (Å²) in [6, 6.07) is 7.82. The van der Waals surface area contributed by atoms with Gasteiger partial charge in [0.1, 0.15) is 0 Å². The molecule has 6 heteroatoms. The molecule has 0 spiro atoms. The number of thioether (sulfide) groups is 1. The number of piperidine rings is 1. The van der Waals surface area contributed by atoms with E-state index in [-0.39, 0.29) is 17.6 Å². The first-order valence-corrected chi connectivity index (χ1v) is 10.2. The van der Waals surface area contributed by atoms with Crippen LogP contribution in [0.4, 0.5) is 0 Å². The number of benzene rings is 1. The summed E-state index contributed by atoms with van der Waals surface area (Å²) in [5, 5.41) is 0. The monoisotopic (exact) mass is 362 g/mol. The fourth-order valence-corrected chi connectivity index (χ4v) is 4.19. The van der Waals surface area contributed by atoms with Crippen LogP contribution in [0.5, 0.6) is 0 Å². The van der Waals surface area contributed by atoms with Gasteiger partial charge in [-0.2, -0.15) is 0 Å². The number of hydrogen-bond donors (Lipinski definition) is 0. The lowest BCUT2D eigenvalue weighted by atomic mass is 9.90. The van der Waals surface area contributed by atoms with E-state index in [1.54, 1.807) is 11.8 Å². The first kappa shape index (κ1) is 18.4. The van der Waals surface area contributed by atoms with E-state index in [0.29, 0.717) is 39.4 Å². The van der Waals surface area contributed by atoms with Crippen molar-refractivity contribution in [3.8, 4) is 0 Å². The molecule has 3 rings (SSSR count). The maximum absolute atomic E-state index is 13.0. The number of likely N-dealkylation sites (tertiary alicyclic amines) is 1. The largest absolute Gasteiger partial charge is 0.378 e. The molecule has 0 saturated carbocycles. The quantitative estimate of drug-likeness (QED) is 0.593. The molecule has 1 amide bonds. The van der Waals surface area contributed by atoms with Crippen molar-refractivity contribution in [1.82, 2.24) is 9.80 Å². The van der Waals surface area contributed by atoms with Crippen LogP contribution in [-0.2, 0) is 9.53 Å². The lowest BCUT2D eigenvalue weighted by Crippen LogP contribution is -2.48. The molecule has 136 valence electrons. The molecule has 5 nitrogen and oxygen atoms in total. The van der Waals surface area contributed by atoms with Crippen LogP contribution in [0.2, 0.25) is 0 Å². The van der Waals surface area contributed by atoms with E-state index in [1.807, 2.05) is 35.4 Å². The minimum atomic E-state index is -0.0143. The third kappa shape index (κ3) is 4.63. The van der Waals surface area contributed by atoms with Crippen LogP contribution >= 0.6 is 11.8 Å². The Morgan fingerprint density at radius 3 is 2.72 bits per heavy atom. The Balaban J connectivity index is 1.60. The average molecular weight is 362 g/mol. The topological polar surface area (TPSA) is 49.9 Å². The Labute approximate surface area is 153 Å². The Bertz CT molecular complexity index is 616. The summed E-state index contributed by atoms with van der Waals surface area (Å²) >= 11 is 1.61. The Morgan fingerprint density at radius 2 is 1.96 bits per heavy atom. The van der Waals surface area contributed by atoms with E-state index in [2.05, 4.69) is 4.90 Å². The van der Waals surface area contributed by atoms with Gasteiger partial charge in [0.05, 0.1) is 19.8 Å². The van der Waals surface area contributed by atoms with E-state index in [4.69, 9.17) is 4.74 Å². The first-order valence-electron chi connectivity index (χ1n) is 8.94. The number of carbonyl (C=O) groups excluding carboxylic acids is 2. The number of carbonyl (C=O) groups is 2. The normalized spacial score (nSPS) is 22.0. The fourth-order valence-electron chi connectivity index (χ4n) is 3.59. The van der Waals surface area contributed by atoms with Crippen molar-refractivity contribution < 1.29 is 14.3 Å². The standard InChI is InChI=1S/C19H26N2O3S/c1-25-17-7-3-2-6-16(17)19(23)15-5-4-8-20(13-15)14-18(22)21-9-11-24-12-10-21/h2-3,6-7,15H,4-5,8-14H2,1H3. The van der Waals surface area contributed by atoms with Crippen molar-refractivity contribution in [3.05, 3.63) is 29.8 Å². The lowest BCUT2D eigenvalue weighted by Gasteiger charge is -2.34. The van der Waals surface area contributed by atoms with Crippen LogP contribution in [-0.4, -0.2) is 73.7 Å². The highest BCUT2D eigenvalue weighted by Gasteiger charge is 2.29. The predicted octanol–water partition coefficient (Wildman–Crippen LogP) is 2.16. The van der Waals surface area contributed by atoms with Crippen molar-refractivity contribution in [3.63, 3.8) is 0 Å². The molecule has 0 aliphatic carbocycles. The summed E-state index contributed by atoms with van der Waals surface area (Å²) in [4.78, 5) is 30.5. The lowest BCUT2D eigenvalue weighted by molar-refractivity contribution is -0.136. The number of ketones is 1. The van der Waals surface area contributed by atoms with Gasteiger partial charge in [0.25, 0.3) is 0 Å². The predicted molar refractivity (Wildman–Crippen MR) is 99.1 cm³/mol. The fraction of sp³-hybridized carbons (Fsp3) is 0.579. The number of nitrogens with zero attached hydrogens (tertiary/aromatic N) is 2. The van der Waals surface area contributed by atoms with Gasteiger partial charge in [0.15, 0.2) is 5.78 Å². The second-order valence-electron chi connectivity index (χ2n) is 6.63. The number of amides is 1. The Kier molecular flexibility index (Phi) is 6.51. The SMILES string of the molecule is CSc1ccccc1C(=O)C1CCCN(CC(=O)N2CCOCC2)C1. The van der Waals surface area contributed by atoms with Crippen molar-refractivity contribution >= 4 is 23.5 Å². The number of Topliss-reactive ketones (excluding diaryl/α,β-unsaturated/α-hetero) is 1. The van der Waals surface area contributed by atoms with Crippen LogP contribution < -0.4 is 0 Å². The van der Waals surface area contributed by atoms with Crippen LogP contribution in [0.1, 0.15) is 23.2 Å². The van der Waals surface area contributed by atoms with Gasteiger partial charge in [-0.1, -0.05) is 18.2 Å². The number of hydrogen-bond acceptors (Lipinski definition) is 5. The molecule has 1 aromatic carbocycles. The summed E-state index contributed by atoms with van der Waals surface area (Å²) in [5.74, 6) is 0.355. The highest BCUT2D eigenvalue weighted by molar-refractivity contribution is 7.98. The summed E-state index contributed by atoms with van der Waals surface area (Å²) in [5.41, 5.74) is 0.821. The molecule has 25 heavy (non-hydrogen) atoms. The molecule has 0 bridgehead atoms. The smallest absolute Gasteiger partial charge is 0.236 e. The van der Waals surface area contributed by atoms with E-state index in [0.717, 1.165) is 29.8 Å². The summed E-state index contributed by atoms with van der Waals surface area (Å²) < 4.78 is 5.31. The van der Waals surface area contributed by atoms with Gasteiger partial charge in [0.2, 0.25) is 5.91 Å². The molecule has 1 unspecified atom stereocenters. The number of morpholine rings is 1. The first-order chi connectivity index (χ1) is 12.2. The van der Waals surface area contributed by atoms with E-state index >= 15 is 0 Å². The van der Waals surface area contributed by atoms with Crippen molar-refractivity contribution in [2.45, 2.75) is 17.7 Å². The molecule has 2 aliphatic heterocycles. The second kappa shape index (κ2) is 8.83. The van der Waals surface area contributed by atoms with Crippen LogP contribution in [0, 0.1) is 5.92 Å². The summed E-state index contributed by atoms with van der Waals surface area (Å²) in [7, 11) is 0. The maximum Gasteiger partial charge on any atom is 0.236 e. The Morgan fingerprint density at radius 1 is 1.20 bits per heavy atom. The molecular weight excluding hydrogens is 336 g/mol. The third-order valence-corrected chi connectivity index (χ3v) is 5.77. The maximum atomic E-state index is 13.0. The molecule has 0 aromatic heterocycles. The highest BCUT2D eigenvalue weighted by atomic mass is 32.2. The molecule has 2 saturated heterocycles. The van der Waals surface area contributed by atoms with Gasteiger partial charge in [-0.25, -0.2) is 0 Å². The highest BCUT2D eigenvalue weighted by Crippen LogP contribution is 2.26. The zero-order valence-corrected chi connectivity index (χ0v) is 15.6. The van der Waals surface area contributed by atoms with Gasteiger partial charge in [0, 0.05) is 36.0 Å². The molecule has 0 radical (unpaired) electrons. The van der Waals surface area contributed by atoms with E-state index in [1.165, 1.54) is 0 Å². The molecular formula is C19H26N2O3S. The molecule has 1 atom stereocenters. The van der Waals surface area contributed by atoms with E-state index < -0.39 is 0 Å². The van der Waals surface area contributed by atoms with Crippen molar-refractivity contribution in [2.75, 3.05) is 52.2 Å². The van der Waals surface area contributed by atoms with Gasteiger partial charge >= 0.3 is 0 Å². The van der Waals surface area contributed by atoms with Crippen molar-refractivity contribution in [1.29, 1.82) is 0 Å². The number of rotatable bonds is 5. The molecule has 2 heterocycles. The molecule has 0 N–H and O–H groups in total. The van der Waals surface area contributed by atoms with Crippen LogP contribution in [0.25, 0.3) is 0 Å². The van der Waals surface area contributed by atoms with Gasteiger partial charge in [-0.3, -0.25) is 14.5 Å². The third-order valence-electron chi connectivity index (χ3n) is 4.97. The summed E-state index contributed by atoms with van der Waals surface area (Å²) in [6.07, 6.45) is 3.87.